The van der Waals surface area contributed by atoms with Gasteiger partial charge in [0, 0.05) is 63.2 Å². The Kier molecular flexibility index (Phi) is 7.92. The van der Waals surface area contributed by atoms with Crippen LogP contribution in [0.2, 0.25) is 0 Å². The first kappa shape index (κ1) is 22.7. The number of nitrogens with zero attached hydrogens (tertiary/aromatic N) is 2. The summed E-state index contributed by atoms with van der Waals surface area (Å²) >= 11 is 6.77. The van der Waals surface area contributed by atoms with Crippen molar-refractivity contribution in [1.29, 1.82) is 0 Å². The number of halogens is 2. The van der Waals surface area contributed by atoms with Crippen LogP contribution in [0, 0.1) is 0 Å². The number of rotatable bonds is 3. The summed E-state index contributed by atoms with van der Waals surface area (Å²) in [6.07, 6.45) is 7.14. The van der Waals surface area contributed by atoms with Crippen LogP contribution in [0.3, 0.4) is 0 Å². The molecule has 2 heterocycles. The lowest BCUT2D eigenvalue weighted by Gasteiger charge is -2.04. The molecule has 0 saturated carbocycles. The van der Waals surface area contributed by atoms with E-state index in [2.05, 4.69) is 47.1 Å². The van der Waals surface area contributed by atoms with Crippen LogP contribution in [0.4, 0.5) is 11.4 Å². The Balaban J connectivity index is 0.000000179. The fraction of sp³-hybridized carbons (Fsp3) is 0.0417. The summed E-state index contributed by atoms with van der Waals surface area (Å²) in [6, 6.07) is 19.4. The average molecular weight is 540 g/mol. The van der Waals surface area contributed by atoms with Crippen molar-refractivity contribution in [3.63, 3.8) is 0 Å². The molecule has 0 saturated heterocycles. The van der Waals surface area contributed by atoms with Crippen molar-refractivity contribution in [3.05, 3.63) is 94.4 Å². The second-order valence-electron chi connectivity index (χ2n) is 6.66. The zero-order valence-corrected chi connectivity index (χ0v) is 19.9. The minimum absolute atomic E-state index is 0.0677. The van der Waals surface area contributed by atoms with E-state index < -0.39 is 0 Å². The Bertz CT molecular complexity index is 1160. The van der Waals surface area contributed by atoms with E-state index in [1.54, 1.807) is 18.6 Å². The average Bonchev–Trinajstić information content (AvgIpc) is 2.75. The van der Waals surface area contributed by atoms with Crippen LogP contribution in [0.15, 0.2) is 94.4 Å². The number of anilines is 2. The zero-order chi connectivity index (χ0) is 22.2. The molecule has 156 valence electrons. The Morgan fingerprint density at radius 1 is 0.742 bits per heavy atom. The predicted molar refractivity (Wildman–Crippen MR) is 133 cm³/mol. The van der Waals surface area contributed by atoms with E-state index in [1.807, 2.05) is 66.9 Å². The van der Waals surface area contributed by atoms with Crippen LogP contribution in [0.25, 0.3) is 22.3 Å². The van der Waals surface area contributed by atoms with Crippen LogP contribution >= 0.6 is 31.9 Å². The first-order chi connectivity index (χ1) is 14.9. The van der Waals surface area contributed by atoms with Gasteiger partial charge in [0.1, 0.15) is 0 Å². The lowest BCUT2D eigenvalue weighted by Crippen LogP contribution is -2.05. The molecule has 4 aromatic rings. The SMILES string of the molecule is CC(=O)Nc1ccc(-c2cncc(Br)c2)cc1.Nc1ccc(-c2cncc(Br)c2)cc1. The Labute approximate surface area is 198 Å². The van der Waals surface area contributed by atoms with Crippen LogP contribution < -0.4 is 11.1 Å². The number of carbonyl (C=O) groups excluding carboxylic acids is 1. The van der Waals surface area contributed by atoms with E-state index in [-0.39, 0.29) is 5.91 Å². The molecule has 7 heteroatoms. The summed E-state index contributed by atoms with van der Waals surface area (Å²) in [6.45, 7) is 1.49. The van der Waals surface area contributed by atoms with Crippen molar-refractivity contribution in [1.82, 2.24) is 9.97 Å². The number of nitrogens with two attached hydrogens (primary N) is 1. The van der Waals surface area contributed by atoms with Crippen molar-refractivity contribution >= 4 is 49.1 Å². The van der Waals surface area contributed by atoms with Gasteiger partial charge in [0.15, 0.2) is 0 Å². The van der Waals surface area contributed by atoms with Gasteiger partial charge in [-0.1, -0.05) is 24.3 Å². The van der Waals surface area contributed by atoms with Gasteiger partial charge < -0.3 is 11.1 Å². The van der Waals surface area contributed by atoms with Gasteiger partial charge in [0.05, 0.1) is 0 Å². The highest BCUT2D eigenvalue weighted by atomic mass is 79.9. The predicted octanol–water partition coefficient (Wildman–Crippen LogP) is 6.56. The van der Waals surface area contributed by atoms with E-state index in [0.717, 1.165) is 42.6 Å². The van der Waals surface area contributed by atoms with Gasteiger partial charge in [-0.15, -0.1) is 0 Å². The third kappa shape index (κ3) is 7.01. The van der Waals surface area contributed by atoms with Gasteiger partial charge >= 0.3 is 0 Å². The second kappa shape index (κ2) is 10.8. The number of amides is 1. The number of pyridine rings is 2. The Hall–Kier alpha value is -3.03. The van der Waals surface area contributed by atoms with Crippen molar-refractivity contribution in [3.8, 4) is 22.3 Å². The van der Waals surface area contributed by atoms with Crippen LogP contribution in [-0.2, 0) is 4.79 Å². The van der Waals surface area contributed by atoms with Gasteiger partial charge in [-0.3, -0.25) is 14.8 Å². The molecule has 0 unspecified atom stereocenters. The molecule has 2 aromatic carbocycles. The van der Waals surface area contributed by atoms with E-state index in [1.165, 1.54) is 6.92 Å². The maximum absolute atomic E-state index is 10.9. The molecule has 0 bridgehead atoms. The molecule has 4 rings (SSSR count). The first-order valence-electron chi connectivity index (χ1n) is 9.36. The van der Waals surface area contributed by atoms with E-state index >= 15 is 0 Å². The normalized spacial score (nSPS) is 10.0. The summed E-state index contributed by atoms with van der Waals surface area (Å²) in [5.41, 5.74) is 11.5. The number of hydrogen-bond acceptors (Lipinski definition) is 4. The molecule has 0 aliphatic carbocycles. The molecule has 0 fully saturated rings. The van der Waals surface area contributed by atoms with Crippen LogP contribution in [-0.4, -0.2) is 15.9 Å². The molecular weight excluding hydrogens is 520 g/mol. The molecule has 0 aliphatic rings. The van der Waals surface area contributed by atoms with Gasteiger partial charge in [0.2, 0.25) is 5.91 Å². The summed E-state index contributed by atoms with van der Waals surface area (Å²) in [4.78, 5) is 19.1. The highest BCUT2D eigenvalue weighted by Gasteiger charge is 2.00. The molecule has 2 aromatic heterocycles. The molecule has 5 nitrogen and oxygen atoms in total. The largest absolute Gasteiger partial charge is 0.399 e. The van der Waals surface area contributed by atoms with Gasteiger partial charge in [-0.05, 0) is 79.4 Å². The van der Waals surface area contributed by atoms with Crippen molar-refractivity contribution in [2.45, 2.75) is 6.92 Å². The van der Waals surface area contributed by atoms with E-state index in [4.69, 9.17) is 5.73 Å². The molecule has 31 heavy (non-hydrogen) atoms. The standard InChI is InChI=1S/C13H11BrN2O.C11H9BrN2/c1-9(17)16-13-4-2-10(3-5-13)11-6-12(14)8-15-7-11;12-10-5-9(6-14-7-10)8-1-3-11(13)4-2-8/h2-8H,1H3,(H,16,17);1-7H,13H2. The second-order valence-corrected chi connectivity index (χ2v) is 8.50. The quantitative estimate of drug-likeness (QED) is 0.289. The van der Waals surface area contributed by atoms with Gasteiger partial charge in [0.25, 0.3) is 0 Å². The van der Waals surface area contributed by atoms with E-state index in [9.17, 15) is 4.79 Å². The molecular formula is C24H20Br2N4O. The lowest BCUT2D eigenvalue weighted by molar-refractivity contribution is -0.114. The van der Waals surface area contributed by atoms with Crippen molar-refractivity contribution < 1.29 is 4.79 Å². The third-order valence-corrected chi connectivity index (χ3v) is 5.06. The lowest BCUT2D eigenvalue weighted by atomic mass is 10.1. The minimum atomic E-state index is -0.0677. The smallest absolute Gasteiger partial charge is 0.221 e. The maximum Gasteiger partial charge on any atom is 0.221 e. The number of benzene rings is 2. The number of nitrogen functional groups attached to an aromatic ring is 1. The van der Waals surface area contributed by atoms with Gasteiger partial charge in [-0.25, -0.2) is 0 Å². The first-order valence-corrected chi connectivity index (χ1v) is 10.9. The monoisotopic (exact) mass is 538 g/mol. The van der Waals surface area contributed by atoms with E-state index in [0.29, 0.717) is 0 Å². The Morgan fingerprint density at radius 2 is 1.19 bits per heavy atom. The summed E-state index contributed by atoms with van der Waals surface area (Å²) in [5, 5.41) is 2.73. The minimum Gasteiger partial charge on any atom is -0.399 e. The molecule has 0 atom stereocenters. The molecule has 0 spiro atoms. The summed E-state index contributed by atoms with van der Waals surface area (Å²) in [7, 11) is 0. The van der Waals surface area contributed by atoms with Crippen LogP contribution in [0.5, 0.6) is 0 Å². The van der Waals surface area contributed by atoms with Gasteiger partial charge in [-0.2, -0.15) is 0 Å². The highest BCUT2D eigenvalue weighted by Crippen LogP contribution is 2.24. The summed E-state index contributed by atoms with van der Waals surface area (Å²) in [5.74, 6) is -0.0677. The number of hydrogen-bond donors (Lipinski definition) is 2. The van der Waals surface area contributed by atoms with Crippen molar-refractivity contribution in [2.24, 2.45) is 0 Å². The fourth-order valence-electron chi connectivity index (χ4n) is 2.76. The fourth-order valence-corrected chi connectivity index (χ4v) is 3.49. The zero-order valence-electron chi connectivity index (χ0n) is 16.7. The number of nitrogens with one attached hydrogen (secondary N) is 1. The summed E-state index contributed by atoms with van der Waals surface area (Å²) < 4.78 is 1.92. The van der Waals surface area contributed by atoms with Crippen LogP contribution in [0.1, 0.15) is 6.92 Å². The third-order valence-electron chi connectivity index (χ3n) is 4.19. The number of aromatic nitrogens is 2. The molecule has 3 N–H and O–H groups in total. The molecule has 0 radical (unpaired) electrons. The maximum atomic E-state index is 10.9. The molecule has 1 amide bonds. The Morgan fingerprint density at radius 3 is 1.61 bits per heavy atom. The topological polar surface area (TPSA) is 80.9 Å². The number of carbonyl (C=O) groups is 1. The van der Waals surface area contributed by atoms with Crippen molar-refractivity contribution in [2.75, 3.05) is 11.1 Å². The molecule has 0 aliphatic heterocycles. The highest BCUT2D eigenvalue weighted by molar-refractivity contribution is 9.10.